The van der Waals surface area contributed by atoms with Crippen molar-refractivity contribution in [3.63, 3.8) is 0 Å². The largest absolute Gasteiger partial charge is 0.461 e. The van der Waals surface area contributed by atoms with Crippen molar-refractivity contribution in [3.8, 4) is 17.2 Å². The molecule has 1 heterocycles. The Morgan fingerprint density at radius 1 is 1.00 bits per heavy atom. The lowest BCUT2D eigenvalue weighted by molar-refractivity contribution is 0.550. The molecule has 1 aromatic heterocycles. The third-order valence-electron chi connectivity index (χ3n) is 3.31. The lowest BCUT2D eigenvalue weighted by atomic mass is 10.0. The van der Waals surface area contributed by atoms with E-state index in [0.29, 0.717) is 12.1 Å². The molecular weight excluding hydrogens is 248 g/mol. The van der Waals surface area contributed by atoms with Gasteiger partial charge in [0.15, 0.2) is 0 Å². The van der Waals surface area contributed by atoms with Gasteiger partial charge in [-0.05, 0) is 48.0 Å². The quantitative estimate of drug-likeness (QED) is 0.786. The first kappa shape index (κ1) is 12.5. The van der Waals surface area contributed by atoms with Crippen molar-refractivity contribution in [2.75, 3.05) is 6.54 Å². The number of nitriles is 1. The second-order valence-corrected chi connectivity index (χ2v) is 4.69. The molecule has 0 fully saturated rings. The zero-order chi connectivity index (χ0) is 13.9. The van der Waals surface area contributed by atoms with Gasteiger partial charge in [-0.25, -0.2) is 0 Å². The summed E-state index contributed by atoms with van der Waals surface area (Å²) < 4.78 is 5.71. The summed E-state index contributed by atoms with van der Waals surface area (Å²) in [7, 11) is 0. The highest BCUT2D eigenvalue weighted by atomic mass is 16.3. The molecule has 3 heteroatoms. The van der Waals surface area contributed by atoms with Gasteiger partial charge < -0.3 is 10.2 Å². The lowest BCUT2D eigenvalue weighted by Gasteiger charge is -2.01. The van der Waals surface area contributed by atoms with E-state index in [9.17, 15) is 0 Å². The molecule has 0 aliphatic heterocycles. The number of hydrogen-bond acceptors (Lipinski definition) is 3. The molecule has 0 unspecified atom stereocenters. The fraction of sp³-hybridized carbons (Fsp3) is 0.118. The molecule has 3 rings (SSSR count). The Bertz CT molecular complexity index is 779. The minimum Gasteiger partial charge on any atom is -0.461 e. The maximum atomic E-state index is 8.82. The zero-order valence-corrected chi connectivity index (χ0v) is 11.0. The van der Waals surface area contributed by atoms with Crippen LogP contribution in [0.15, 0.2) is 52.9 Å². The Balaban J connectivity index is 2.01. The number of rotatable bonds is 3. The van der Waals surface area contributed by atoms with Crippen LogP contribution in [0.5, 0.6) is 0 Å². The first-order chi connectivity index (χ1) is 9.80. The molecule has 2 aromatic carbocycles. The van der Waals surface area contributed by atoms with Gasteiger partial charge in [-0.15, -0.1) is 0 Å². The standard InChI is InChI=1S/C17H14N2O/c18-8-7-16-10-15-9-14(5-6-17(15)20-16)13-3-1-12(11-19)2-4-13/h1-6,9-10H,7-8,18H2. The zero-order valence-electron chi connectivity index (χ0n) is 11.0. The Labute approximate surface area is 117 Å². The van der Waals surface area contributed by atoms with Gasteiger partial charge in [0.2, 0.25) is 0 Å². The molecule has 0 saturated carbocycles. The summed E-state index contributed by atoms with van der Waals surface area (Å²) >= 11 is 0. The lowest BCUT2D eigenvalue weighted by Crippen LogP contribution is -2.01. The summed E-state index contributed by atoms with van der Waals surface area (Å²) in [6.07, 6.45) is 0.751. The fourth-order valence-electron chi connectivity index (χ4n) is 2.28. The molecule has 0 radical (unpaired) electrons. The van der Waals surface area contributed by atoms with Crippen LogP contribution in [0.3, 0.4) is 0 Å². The Kier molecular flexibility index (Phi) is 3.24. The number of furan rings is 1. The van der Waals surface area contributed by atoms with Gasteiger partial charge in [0.1, 0.15) is 11.3 Å². The summed E-state index contributed by atoms with van der Waals surface area (Å²) in [5, 5.41) is 9.90. The van der Waals surface area contributed by atoms with E-state index in [1.807, 2.05) is 42.5 Å². The average molecular weight is 262 g/mol. The van der Waals surface area contributed by atoms with Crippen molar-refractivity contribution >= 4 is 11.0 Å². The van der Waals surface area contributed by atoms with Crippen LogP contribution in [0.4, 0.5) is 0 Å². The van der Waals surface area contributed by atoms with Gasteiger partial charge in [-0.1, -0.05) is 18.2 Å². The van der Waals surface area contributed by atoms with Crippen molar-refractivity contribution in [3.05, 3.63) is 59.9 Å². The number of benzene rings is 2. The van der Waals surface area contributed by atoms with Crippen LogP contribution >= 0.6 is 0 Å². The van der Waals surface area contributed by atoms with Crippen LogP contribution < -0.4 is 5.73 Å². The monoisotopic (exact) mass is 262 g/mol. The highest BCUT2D eigenvalue weighted by molar-refractivity contribution is 5.84. The van der Waals surface area contributed by atoms with Gasteiger partial charge in [-0.2, -0.15) is 5.26 Å². The molecule has 0 aliphatic rings. The summed E-state index contributed by atoms with van der Waals surface area (Å²) in [5.74, 6) is 0.916. The molecule has 20 heavy (non-hydrogen) atoms. The van der Waals surface area contributed by atoms with Crippen LogP contribution in [0.25, 0.3) is 22.1 Å². The first-order valence-electron chi connectivity index (χ1n) is 6.53. The third-order valence-corrected chi connectivity index (χ3v) is 3.31. The van der Waals surface area contributed by atoms with E-state index in [0.717, 1.165) is 34.3 Å². The molecule has 98 valence electrons. The molecule has 2 N–H and O–H groups in total. The number of nitrogens with two attached hydrogens (primary N) is 1. The van der Waals surface area contributed by atoms with E-state index >= 15 is 0 Å². The van der Waals surface area contributed by atoms with Crippen molar-refractivity contribution < 1.29 is 4.42 Å². The van der Waals surface area contributed by atoms with Crippen molar-refractivity contribution in [1.82, 2.24) is 0 Å². The predicted molar refractivity (Wildman–Crippen MR) is 79.1 cm³/mol. The topological polar surface area (TPSA) is 63.0 Å². The molecule has 0 spiro atoms. The van der Waals surface area contributed by atoms with Crippen LogP contribution in [0.1, 0.15) is 11.3 Å². The second kappa shape index (κ2) is 5.20. The number of hydrogen-bond donors (Lipinski definition) is 1. The maximum Gasteiger partial charge on any atom is 0.134 e. The van der Waals surface area contributed by atoms with E-state index < -0.39 is 0 Å². The van der Waals surface area contributed by atoms with E-state index in [4.69, 9.17) is 15.4 Å². The number of nitrogens with zero attached hydrogens (tertiary/aromatic N) is 1. The third kappa shape index (κ3) is 2.29. The minimum absolute atomic E-state index is 0.586. The maximum absolute atomic E-state index is 8.82. The fourth-order valence-corrected chi connectivity index (χ4v) is 2.28. The Morgan fingerprint density at radius 2 is 1.75 bits per heavy atom. The van der Waals surface area contributed by atoms with Crippen molar-refractivity contribution in [2.45, 2.75) is 6.42 Å². The van der Waals surface area contributed by atoms with Crippen molar-refractivity contribution in [1.29, 1.82) is 5.26 Å². The molecule has 0 bridgehead atoms. The summed E-state index contributed by atoms with van der Waals surface area (Å²) in [6, 6.07) is 17.8. The first-order valence-corrected chi connectivity index (χ1v) is 6.53. The highest BCUT2D eigenvalue weighted by Crippen LogP contribution is 2.27. The molecular formula is C17H14N2O. The Hall–Kier alpha value is -2.57. The van der Waals surface area contributed by atoms with Gasteiger partial charge in [0.05, 0.1) is 11.6 Å². The van der Waals surface area contributed by atoms with E-state index in [-0.39, 0.29) is 0 Å². The smallest absolute Gasteiger partial charge is 0.134 e. The normalized spacial score (nSPS) is 10.6. The SMILES string of the molecule is N#Cc1ccc(-c2ccc3oc(CCN)cc3c2)cc1. The van der Waals surface area contributed by atoms with Gasteiger partial charge in [-0.3, -0.25) is 0 Å². The van der Waals surface area contributed by atoms with Crippen LogP contribution in [0, 0.1) is 11.3 Å². The Morgan fingerprint density at radius 3 is 2.45 bits per heavy atom. The molecule has 3 nitrogen and oxygen atoms in total. The predicted octanol–water partition coefficient (Wildman–Crippen LogP) is 3.47. The summed E-state index contributed by atoms with van der Waals surface area (Å²) in [6.45, 7) is 0.586. The van der Waals surface area contributed by atoms with Crippen LogP contribution in [-0.4, -0.2) is 6.54 Å². The van der Waals surface area contributed by atoms with Crippen LogP contribution in [0.2, 0.25) is 0 Å². The molecule has 0 amide bonds. The second-order valence-electron chi connectivity index (χ2n) is 4.69. The van der Waals surface area contributed by atoms with Gasteiger partial charge >= 0.3 is 0 Å². The van der Waals surface area contributed by atoms with Crippen LogP contribution in [-0.2, 0) is 6.42 Å². The summed E-state index contributed by atoms with van der Waals surface area (Å²) in [5.41, 5.74) is 9.30. The molecule has 0 aliphatic carbocycles. The molecule has 0 saturated heterocycles. The van der Waals surface area contributed by atoms with E-state index in [1.165, 1.54) is 0 Å². The summed E-state index contributed by atoms with van der Waals surface area (Å²) in [4.78, 5) is 0. The minimum atomic E-state index is 0.586. The molecule has 0 atom stereocenters. The van der Waals surface area contributed by atoms with Gasteiger partial charge in [0, 0.05) is 11.8 Å². The van der Waals surface area contributed by atoms with Gasteiger partial charge in [0.25, 0.3) is 0 Å². The average Bonchev–Trinajstić information content (AvgIpc) is 2.89. The molecule has 3 aromatic rings. The number of fused-ring (bicyclic) bond motifs is 1. The van der Waals surface area contributed by atoms with Crippen molar-refractivity contribution in [2.24, 2.45) is 5.73 Å². The van der Waals surface area contributed by atoms with E-state index in [1.54, 1.807) is 0 Å². The van der Waals surface area contributed by atoms with E-state index in [2.05, 4.69) is 12.1 Å². The highest BCUT2D eigenvalue weighted by Gasteiger charge is 2.05.